The minimum Gasteiger partial charge on any atom is -0.370 e. The van der Waals surface area contributed by atoms with Gasteiger partial charge in [-0.3, -0.25) is 0 Å². The summed E-state index contributed by atoms with van der Waals surface area (Å²) in [6, 6.07) is 0. The molecule has 6 heteroatoms. The molecule has 2 aromatic heterocycles. The molecule has 3 heterocycles. The second kappa shape index (κ2) is 6.71. The van der Waals surface area contributed by atoms with E-state index in [0.29, 0.717) is 0 Å². The molecule has 2 aliphatic rings. The predicted octanol–water partition coefficient (Wildman–Crippen LogP) is 0.350. The van der Waals surface area contributed by atoms with Crippen LogP contribution in [-0.2, 0) is 24.1 Å². The summed E-state index contributed by atoms with van der Waals surface area (Å²) in [6.45, 7) is 6.00. The van der Waals surface area contributed by atoms with Crippen molar-refractivity contribution in [2.24, 2.45) is 0 Å². The summed E-state index contributed by atoms with van der Waals surface area (Å²) >= 11 is 1.86. The van der Waals surface area contributed by atoms with Gasteiger partial charge < -0.3 is 15.4 Å². The highest BCUT2D eigenvalue weighted by Gasteiger charge is 2.23. The van der Waals surface area contributed by atoms with Gasteiger partial charge in [0.25, 0.3) is 0 Å². The second-order valence-electron chi connectivity index (χ2n) is 6.68. The van der Waals surface area contributed by atoms with Crippen molar-refractivity contribution in [3.05, 3.63) is 16.8 Å². The van der Waals surface area contributed by atoms with Crippen LogP contribution in [0.4, 0.5) is 5.82 Å². The van der Waals surface area contributed by atoms with E-state index in [1.807, 2.05) is 17.7 Å². The average molecular weight is 334 g/mol. The number of aryl methyl sites for hydroxylation is 2. The molecule has 1 aliphatic carbocycles. The first-order chi connectivity index (χ1) is 11.3. The van der Waals surface area contributed by atoms with Crippen LogP contribution in [0, 0.1) is 0 Å². The quantitative estimate of drug-likeness (QED) is 0.629. The van der Waals surface area contributed by atoms with Crippen LogP contribution in [-0.4, -0.2) is 37.8 Å². The molecule has 5 nitrogen and oxygen atoms in total. The van der Waals surface area contributed by atoms with Crippen molar-refractivity contribution in [1.29, 1.82) is 0 Å². The average Bonchev–Trinajstić information content (AvgIpc) is 2.78. The Hall–Kier alpha value is -1.24. The van der Waals surface area contributed by atoms with Crippen molar-refractivity contribution < 1.29 is 14.2 Å². The molecular weight excluding hydrogens is 308 g/mol. The van der Waals surface area contributed by atoms with Crippen molar-refractivity contribution in [2.75, 3.05) is 38.6 Å². The maximum absolute atomic E-state index is 6.55. The lowest BCUT2D eigenvalue weighted by Crippen LogP contribution is -3.14. The molecule has 0 aromatic carbocycles. The summed E-state index contributed by atoms with van der Waals surface area (Å²) in [4.78, 5) is 8.96. The van der Waals surface area contributed by atoms with Crippen LogP contribution < -0.4 is 15.2 Å². The van der Waals surface area contributed by atoms with E-state index in [0.717, 1.165) is 50.0 Å². The summed E-state index contributed by atoms with van der Waals surface area (Å²) < 4.78 is 7.59. The van der Waals surface area contributed by atoms with E-state index in [1.54, 1.807) is 4.90 Å². The maximum Gasteiger partial charge on any atom is 0.231 e. The molecular formula is C17H26N4OS+2. The van der Waals surface area contributed by atoms with Gasteiger partial charge in [-0.1, -0.05) is 11.4 Å². The molecule has 1 aliphatic heterocycles. The standard InChI is InChI=1S/C17H24N4OS/c18-16-15-13-4-2-1-3-5-14(13)23-17(15)19-12-21(16)7-6-20-8-10-22-11-9-20/h12,18H,1-11H2/p+2. The molecule has 0 saturated carbocycles. The molecule has 4 rings (SSSR count). The Morgan fingerprint density at radius 3 is 2.91 bits per heavy atom. The van der Waals surface area contributed by atoms with Crippen molar-refractivity contribution >= 4 is 27.4 Å². The molecule has 124 valence electrons. The monoisotopic (exact) mass is 334 g/mol. The van der Waals surface area contributed by atoms with Gasteiger partial charge in [0.15, 0.2) is 0 Å². The van der Waals surface area contributed by atoms with Crippen LogP contribution in [0.15, 0.2) is 6.33 Å². The number of anilines is 1. The van der Waals surface area contributed by atoms with Crippen LogP contribution >= 0.6 is 11.3 Å². The Morgan fingerprint density at radius 2 is 2.04 bits per heavy atom. The zero-order valence-electron chi connectivity index (χ0n) is 13.6. The summed E-state index contributed by atoms with van der Waals surface area (Å²) in [6.07, 6.45) is 8.23. The number of nitrogens with zero attached hydrogens (tertiary/aromatic N) is 2. The van der Waals surface area contributed by atoms with E-state index in [-0.39, 0.29) is 0 Å². The fourth-order valence-electron chi connectivity index (χ4n) is 3.78. The highest BCUT2D eigenvalue weighted by atomic mass is 32.1. The molecule has 0 bridgehead atoms. The summed E-state index contributed by atoms with van der Waals surface area (Å²) in [5.41, 5.74) is 8.04. The number of nitrogens with one attached hydrogen (secondary N) is 1. The number of hydrogen-bond donors (Lipinski definition) is 2. The van der Waals surface area contributed by atoms with E-state index >= 15 is 0 Å². The number of nitrogen functional groups attached to an aromatic ring is 1. The summed E-state index contributed by atoms with van der Waals surface area (Å²) in [7, 11) is 0. The van der Waals surface area contributed by atoms with Gasteiger partial charge in [-0.05, 0) is 31.2 Å². The number of aromatic nitrogens is 2. The Bertz CT molecular complexity index is 693. The van der Waals surface area contributed by atoms with E-state index < -0.39 is 0 Å². The van der Waals surface area contributed by atoms with Crippen molar-refractivity contribution in [3.8, 4) is 0 Å². The SMILES string of the molecule is Nc1c2c3c(sc2nc[n+]1CC[NH+]1CCOCC1)CCCCC3. The first kappa shape index (κ1) is 15.3. The Morgan fingerprint density at radius 1 is 1.22 bits per heavy atom. The molecule has 0 amide bonds. The normalized spacial score (nSPS) is 19.7. The topological polar surface area (TPSA) is 56.5 Å². The molecule has 1 fully saturated rings. The first-order valence-corrected chi connectivity index (χ1v) is 9.64. The van der Waals surface area contributed by atoms with Gasteiger partial charge in [-0.15, -0.1) is 11.3 Å². The first-order valence-electron chi connectivity index (χ1n) is 8.82. The number of morpholine rings is 1. The van der Waals surface area contributed by atoms with Crippen molar-refractivity contribution in [1.82, 2.24) is 4.98 Å². The summed E-state index contributed by atoms with van der Waals surface area (Å²) in [5, 5.41) is 1.24. The molecule has 23 heavy (non-hydrogen) atoms. The summed E-state index contributed by atoms with van der Waals surface area (Å²) in [5.74, 6) is 0.919. The van der Waals surface area contributed by atoms with E-state index in [2.05, 4.69) is 4.57 Å². The Balaban J connectivity index is 1.60. The number of rotatable bonds is 3. The number of nitrogens with two attached hydrogens (primary N) is 1. The number of fused-ring (bicyclic) bond motifs is 3. The van der Waals surface area contributed by atoms with Crippen LogP contribution in [0.3, 0.4) is 0 Å². The van der Waals surface area contributed by atoms with Crippen LogP contribution in [0.25, 0.3) is 10.2 Å². The van der Waals surface area contributed by atoms with Gasteiger partial charge in [-0.2, -0.15) is 0 Å². The second-order valence-corrected chi connectivity index (χ2v) is 7.76. The number of ether oxygens (including phenoxy) is 1. The van der Waals surface area contributed by atoms with Crippen LogP contribution in [0.5, 0.6) is 0 Å². The molecule has 3 N–H and O–H groups in total. The van der Waals surface area contributed by atoms with Gasteiger partial charge in [0.2, 0.25) is 17.0 Å². The predicted molar refractivity (Wildman–Crippen MR) is 91.9 cm³/mol. The lowest BCUT2D eigenvalue weighted by molar-refractivity contribution is -0.925. The number of hydrogen-bond acceptors (Lipinski definition) is 4. The minimum absolute atomic E-state index is 0.880. The van der Waals surface area contributed by atoms with Gasteiger partial charge in [-0.25, -0.2) is 4.57 Å². The largest absolute Gasteiger partial charge is 0.370 e. The highest BCUT2D eigenvalue weighted by Crippen LogP contribution is 2.36. The fourth-order valence-corrected chi connectivity index (χ4v) is 5.01. The maximum atomic E-state index is 6.55. The Kier molecular flexibility index (Phi) is 4.46. The lowest BCUT2D eigenvalue weighted by Gasteiger charge is -2.23. The molecule has 0 radical (unpaired) electrons. The third-order valence-electron chi connectivity index (χ3n) is 5.19. The van der Waals surface area contributed by atoms with E-state index in [4.69, 9.17) is 15.5 Å². The molecule has 2 aromatic rings. The van der Waals surface area contributed by atoms with Crippen LogP contribution in [0.1, 0.15) is 29.7 Å². The number of thiophene rings is 1. The van der Waals surface area contributed by atoms with E-state index in [9.17, 15) is 0 Å². The fraction of sp³-hybridized carbons (Fsp3) is 0.647. The molecule has 1 saturated heterocycles. The smallest absolute Gasteiger partial charge is 0.231 e. The van der Waals surface area contributed by atoms with Gasteiger partial charge >= 0.3 is 0 Å². The van der Waals surface area contributed by atoms with Crippen LogP contribution in [0.2, 0.25) is 0 Å². The number of quaternary nitrogens is 1. The third kappa shape index (κ3) is 3.07. The minimum atomic E-state index is 0.880. The molecule has 0 unspecified atom stereocenters. The highest BCUT2D eigenvalue weighted by molar-refractivity contribution is 7.18. The van der Waals surface area contributed by atoms with Gasteiger partial charge in [0, 0.05) is 4.88 Å². The Labute approximate surface area is 141 Å². The molecule has 0 atom stereocenters. The zero-order valence-corrected chi connectivity index (χ0v) is 14.5. The van der Waals surface area contributed by atoms with Crippen molar-refractivity contribution in [3.63, 3.8) is 0 Å². The van der Waals surface area contributed by atoms with E-state index in [1.165, 1.54) is 47.9 Å². The van der Waals surface area contributed by atoms with Gasteiger partial charge in [0.05, 0.1) is 13.2 Å². The zero-order chi connectivity index (χ0) is 15.6. The van der Waals surface area contributed by atoms with Crippen molar-refractivity contribution in [2.45, 2.75) is 38.6 Å². The third-order valence-corrected chi connectivity index (χ3v) is 6.39. The lowest BCUT2D eigenvalue weighted by atomic mass is 10.1. The molecule has 0 spiro atoms. The van der Waals surface area contributed by atoms with Gasteiger partial charge in [0.1, 0.15) is 31.6 Å².